The fourth-order valence-electron chi connectivity index (χ4n) is 5.88. The van der Waals surface area contributed by atoms with Crippen LogP contribution in [0.25, 0.3) is 0 Å². The van der Waals surface area contributed by atoms with Crippen molar-refractivity contribution in [3.05, 3.63) is 117 Å². The van der Waals surface area contributed by atoms with Crippen molar-refractivity contribution >= 4 is 23.1 Å². The minimum Gasteiger partial charge on any atom is -0.488 e. The molecule has 35 heavy (non-hydrogen) atoms. The maximum atomic E-state index is 6.33. The van der Waals surface area contributed by atoms with Gasteiger partial charge in [0, 0.05) is 0 Å². The summed E-state index contributed by atoms with van der Waals surface area (Å²) in [6.07, 6.45) is 0. The standard InChI is InChI=1S/C33H37BO/c1-21-14-23(3)31(24(4)15-21)34(32-25(5)16-22(2)17-26(32)6)30-18-27(7)33(28(8)19-30)35-20-29-12-10-9-11-13-29/h9-19H,20H2,1-8H3. The lowest BCUT2D eigenvalue weighted by molar-refractivity contribution is 0.302. The van der Waals surface area contributed by atoms with Crippen molar-refractivity contribution in [2.45, 2.75) is 62.0 Å². The van der Waals surface area contributed by atoms with E-state index in [9.17, 15) is 0 Å². The van der Waals surface area contributed by atoms with Crippen LogP contribution in [0.2, 0.25) is 0 Å². The second-order valence-electron chi connectivity index (χ2n) is 10.3. The number of hydrogen-bond acceptors (Lipinski definition) is 1. The maximum absolute atomic E-state index is 6.33. The summed E-state index contributed by atoms with van der Waals surface area (Å²) in [6, 6.07) is 24.4. The molecular weight excluding hydrogens is 423 g/mol. The van der Waals surface area contributed by atoms with E-state index in [0.29, 0.717) is 6.61 Å². The molecule has 0 aliphatic heterocycles. The first-order chi connectivity index (χ1) is 16.7. The van der Waals surface area contributed by atoms with Crippen molar-refractivity contribution in [3.8, 4) is 5.75 Å². The van der Waals surface area contributed by atoms with Gasteiger partial charge in [-0.2, -0.15) is 0 Å². The number of hydrogen-bond donors (Lipinski definition) is 0. The van der Waals surface area contributed by atoms with Crippen LogP contribution in [0.15, 0.2) is 66.7 Å². The number of rotatable bonds is 6. The Bertz CT molecular complexity index is 1240. The van der Waals surface area contributed by atoms with Crippen LogP contribution in [-0.2, 0) is 6.61 Å². The predicted molar refractivity (Wildman–Crippen MR) is 153 cm³/mol. The fourth-order valence-corrected chi connectivity index (χ4v) is 5.88. The SMILES string of the molecule is Cc1cc(C)c(B(c2cc(C)c(OCc3ccccc3)c(C)c2)c2c(C)cc(C)cc2C)c(C)c1. The summed E-state index contributed by atoms with van der Waals surface area (Å²) in [6.45, 7) is 18.5. The maximum Gasteiger partial charge on any atom is 0.242 e. The van der Waals surface area contributed by atoms with Crippen LogP contribution in [0.5, 0.6) is 5.75 Å². The average molecular weight is 460 g/mol. The Labute approximate surface area is 212 Å². The minimum atomic E-state index is 0.178. The van der Waals surface area contributed by atoms with Gasteiger partial charge in [0.2, 0.25) is 6.71 Å². The van der Waals surface area contributed by atoms with Crippen molar-refractivity contribution in [1.29, 1.82) is 0 Å². The minimum absolute atomic E-state index is 0.178. The largest absolute Gasteiger partial charge is 0.488 e. The molecule has 0 aliphatic carbocycles. The molecule has 0 fully saturated rings. The summed E-state index contributed by atoms with van der Waals surface area (Å²) in [5.41, 5.74) is 15.8. The second-order valence-corrected chi connectivity index (χ2v) is 10.3. The molecule has 0 bridgehead atoms. The van der Waals surface area contributed by atoms with E-state index in [0.717, 1.165) is 5.75 Å². The van der Waals surface area contributed by atoms with Gasteiger partial charge in [0.1, 0.15) is 12.4 Å². The van der Waals surface area contributed by atoms with Crippen molar-refractivity contribution in [2.75, 3.05) is 0 Å². The van der Waals surface area contributed by atoms with Crippen LogP contribution in [0.3, 0.4) is 0 Å². The van der Waals surface area contributed by atoms with Crippen LogP contribution in [0, 0.1) is 55.4 Å². The van der Waals surface area contributed by atoms with Crippen molar-refractivity contribution in [2.24, 2.45) is 0 Å². The molecule has 0 saturated heterocycles. The van der Waals surface area contributed by atoms with Crippen molar-refractivity contribution in [3.63, 3.8) is 0 Å². The van der Waals surface area contributed by atoms with Gasteiger partial charge in [0.05, 0.1) is 0 Å². The van der Waals surface area contributed by atoms with Crippen LogP contribution in [0.4, 0.5) is 0 Å². The molecule has 1 nitrogen and oxygen atoms in total. The molecule has 0 aromatic heterocycles. The number of aryl methyl sites for hydroxylation is 8. The van der Waals surface area contributed by atoms with Crippen LogP contribution in [-0.4, -0.2) is 6.71 Å². The molecule has 0 spiro atoms. The molecule has 0 aliphatic rings. The predicted octanol–water partition coefficient (Wildman–Crippen LogP) is 6.25. The molecule has 0 saturated carbocycles. The molecule has 0 unspecified atom stereocenters. The van der Waals surface area contributed by atoms with Gasteiger partial charge in [-0.3, -0.25) is 0 Å². The molecule has 0 radical (unpaired) electrons. The van der Waals surface area contributed by atoms with Gasteiger partial charge in [-0.15, -0.1) is 0 Å². The smallest absolute Gasteiger partial charge is 0.242 e. The monoisotopic (exact) mass is 460 g/mol. The molecule has 0 heterocycles. The third-order valence-corrected chi connectivity index (χ3v) is 7.10. The number of ether oxygens (including phenoxy) is 1. The topological polar surface area (TPSA) is 9.23 Å². The van der Waals surface area contributed by atoms with Crippen molar-refractivity contribution in [1.82, 2.24) is 0 Å². The Morgan fingerprint density at radius 1 is 0.543 bits per heavy atom. The van der Waals surface area contributed by atoms with Crippen molar-refractivity contribution < 1.29 is 4.74 Å². The zero-order valence-corrected chi connectivity index (χ0v) is 22.5. The first-order valence-electron chi connectivity index (χ1n) is 12.6. The zero-order valence-electron chi connectivity index (χ0n) is 22.5. The van der Waals surface area contributed by atoms with E-state index >= 15 is 0 Å². The highest BCUT2D eigenvalue weighted by Gasteiger charge is 2.29. The highest BCUT2D eigenvalue weighted by Crippen LogP contribution is 2.24. The number of benzene rings is 4. The Hall–Kier alpha value is -3.26. The zero-order chi connectivity index (χ0) is 25.3. The molecule has 0 amide bonds. The molecular formula is C33H37BO. The van der Waals surface area contributed by atoms with Gasteiger partial charge in [-0.05, 0) is 72.1 Å². The summed E-state index contributed by atoms with van der Waals surface area (Å²) in [4.78, 5) is 0. The van der Waals surface area contributed by atoms with E-state index < -0.39 is 0 Å². The highest BCUT2D eigenvalue weighted by atomic mass is 16.5. The van der Waals surface area contributed by atoms with E-state index in [1.54, 1.807) is 0 Å². The fraction of sp³-hybridized carbons (Fsp3) is 0.273. The van der Waals surface area contributed by atoms with E-state index in [2.05, 4.69) is 116 Å². The highest BCUT2D eigenvalue weighted by molar-refractivity contribution is 6.96. The molecule has 4 aromatic carbocycles. The van der Waals surface area contributed by atoms with Crippen LogP contribution < -0.4 is 21.1 Å². The van der Waals surface area contributed by atoms with E-state index in [1.807, 2.05) is 6.07 Å². The summed E-state index contributed by atoms with van der Waals surface area (Å²) in [7, 11) is 0. The third kappa shape index (κ3) is 5.22. The van der Waals surface area contributed by atoms with Gasteiger partial charge in [-0.25, -0.2) is 0 Å². The lowest BCUT2D eigenvalue weighted by Gasteiger charge is -2.26. The third-order valence-electron chi connectivity index (χ3n) is 7.10. The lowest BCUT2D eigenvalue weighted by Crippen LogP contribution is -2.56. The van der Waals surface area contributed by atoms with Crippen LogP contribution >= 0.6 is 0 Å². The molecule has 4 rings (SSSR count). The van der Waals surface area contributed by atoms with Gasteiger partial charge < -0.3 is 4.74 Å². The second kappa shape index (κ2) is 10.2. The molecule has 2 heteroatoms. The first kappa shape index (κ1) is 24.9. The summed E-state index contributed by atoms with van der Waals surface area (Å²) >= 11 is 0. The molecule has 0 N–H and O–H groups in total. The van der Waals surface area contributed by atoms with Gasteiger partial charge >= 0.3 is 0 Å². The van der Waals surface area contributed by atoms with E-state index in [-0.39, 0.29) is 6.71 Å². The average Bonchev–Trinajstić information content (AvgIpc) is 2.77. The lowest BCUT2D eigenvalue weighted by atomic mass is 9.34. The van der Waals surface area contributed by atoms with Gasteiger partial charge in [-0.1, -0.05) is 116 Å². The molecule has 0 atom stereocenters. The Morgan fingerprint density at radius 2 is 0.971 bits per heavy atom. The quantitative estimate of drug-likeness (QED) is 0.309. The van der Waals surface area contributed by atoms with Crippen LogP contribution in [0.1, 0.15) is 50.1 Å². The molecule has 178 valence electrons. The van der Waals surface area contributed by atoms with Gasteiger partial charge in [0.15, 0.2) is 0 Å². The summed E-state index contributed by atoms with van der Waals surface area (Å²) < 4.78 is 6.33. The molecule has 4 aromatic rings. The van der Waals surface area contributed by atoms with E-state index in [4.69, 9.17) is 4.74 Å². The Kier molecular flexibility index (Phi) is 7.21. The van der Waals surface area contributed by atoms with Gasteiger partial charge in [0.25, 0.3) is 0 Å². The summed E-state index contributed by atoms with van der Waals surface area (Å²) in [5.74, 6) is 0.992. The summed E-state index contributed by atoms with van der Waals surface area (Å²) in [5, 5.41) is 0. The Balaban J connectivity index is 1.86. The normalized spacial score (nSPS) is 11.0. The first-order valence-corrected chi connectivity index (χ1v) is 12.6. The Morgan fingerprint density at radius 3 is 1.40 bits per heavy atom. The van der Waals surface area contributed by atoms with E-state index in [1.165, 1.54) is 66.5 Å².